The molecule has 0 saturated carbocycles. The van der Waals surface area contributed by atoms with Crippen molar-refractivity contribution in [2.24, 2.45) is 0 Å². The number of fused-ring (bicyclic) bond motifs is 1. The molecular weight excluding hydrogens is 444 g/mol. The Morgan fingerprint density at radius 3 is 2.72 bits per heavy atom. The second kappa shape index (κ2) is 8.47. The van der Waals surface area contributed by atoms with Crippen LogP contribution >= 0.6 is 11.6 Å². The van der Waals surface area contributed by atoms with Gasteiger partial charge in [0.15, 0.2) is 17.6 Å². The molecule has 4 rings (SSSR count). The number of aliphatic hydroxyl groups excluding tert-OH is 4. The molecule has 0 spiro atoms. The van der Waals surface area contributed by atoms with Gasteiger partial charge in [0, 0.05) is 41.6 Å². The zero-order chi connectivity index (χ0) is 23.2. The first-order chi connectivity index (χ1) is 15.2. The smallest absolute Gasteiger partial charge is 0.247 e. The van der Waals surface area contributed by atoms with Crippen molar-refractivity contribution < 1.29 is 34.8 Å². The first-order valence-corrected chi connectivity index (χ1v) is 10.2. The van der Waals surface area contributed by atoms with Crippen LogP contribution < -0.4 is 4.74 Å². The summed E-state index contributed by atoms with van der Waals surface area (Å²) >= 11 is 6.38. The topological polar surface area (TPSA) is 147 Å². The maximum absolute atomic E-state index is 11.2. The summed E-state index contributed by atoms with van der Waals surface area (Å²) in [6.07, 6.45) is -0.639. The largest absolute Gasteiger partial charge is 0.506 e. The van der Waals surface area contributed by atoms with Gasteiger partial charge in [0.25, 0.3) is 0 Å². The summed E-state index contributed by atoms with van der Waals surface area (Å²) in [6.45, 7) is 1.29. The minimum Gasteiger partial charge on any atom is -0.506 e. The second-order valence-corrected chi connectivity index (χ2v) is 8.06. The zero-order valence-corrected chi connectivity index (χ0v) is 17.6. The predicted molar refractivity (Wildman–Crippen MR) is 113 cm³/mol. The van der Waals surface area contributed by atoms with Gasteiger partial charge in [-0.3, -0.25) is 10.1 Å². The highest BCUT2D eigenvalue weighted by Crippen LogP contribution is 2.37. The molecule has 32 heavy (non-hydrogen) atoms. The summed E-state index contributed by atoms with van der Waals surface area (Å²) in [5.74, 6) is -1.34. The Hall–Kier alpha value is -3.05. The molecule has 2 aliphatic rings. The fraction of sp³-hybridized carbons (Fsp3) is 0.333. The van der Waals surface area contributed by atoms with Gasteiger partial charge < -0.3 is 34.5 Å². The second-order valence-electron chi connectivity index (χ2n) is 7.65. The van der Waals surface area contributed by atoms with Crippen molar-refractivity contribution in [1.29, 1.82) is 0 Å². The number of aliphatic hydroxyl groups is 4. The van der Waals surface area contributed by atoms with Gasteiger partial charge in [-0.2, -0.15) is 0 Å². The van der Waals surface area contributed by atoms with E-state index in [2.05, 4.69) is 0 Å². The van der Waals surface area contributed by atoms with Crippen LogP contribution in [0.4, 0.5) is 0 Å². The number of allylic oxidation sites excluding steroid dienone is 1. The zero-order valence-electron chi connectivity index (χ0n) is 16.9. The lowest BCUT2D eigenvalue weighted by Crippen LogP contribution is -2.45. The van der Waals surface area contributed by atoms with Gasteiger partial charge in [-0.1, -0.05) is 18.5 Å². The van der Waals surface area contributed by atoms with Gasteiger partial charge in [0.2, 0.25) is 12.0 Å². The Kier molecular flexibility index (Phi) is 5.87. The Labute approximate surface area is 187 Å². The summed E-state index contributed by atoms with van der Waals surface area (Å²) in [4.78, 5) is 10.8. The Bertz CT molecular complexity index is 1120. The molecule has 4 N–H and O–H groups in total. The summed E-state index contributed by atoms with van der Waals surface area (Å²) in [7, 11) is 0. The fourth-order valence-electron chi connectivity index (χ4n) is 3.93. The molecule has 1 aliphatic heterocycles. The van der Waals surface area contributed by atoms with Crippen LogP contribution in [0.25, 0.3) is 11.8 Å². The van der Waals surface area contributed by atoms with Gasteiger partial charge in [-0.15, -0.1) is 0 Å². The summed E-state index contributed by atoms with van der Waals surface area (Å²) in [6, 6.07) is 6.69. The van der Waals surface area contributed by atoms with E-state index in [0.717, 1.165) is 11.3 Å². The lowest BCUT2D eigenvalue weighted by Gasteiger charge is -2.32. The minimum absolute atomic E-state index is 0.0799. The number of rotatable bonds is 5. The van der Waals surface area contributed by atoms with Crippen molar-refractivity contribution >= 4 is 17.7 Å². The lowest BCUT2D eigenvalue weighted by atomic mass is 9.92. The summed E-state index contributed by atoms with van der Waals surface area (Å²) < 4.78 is 12.8. The van der Waals surface area contributed by atoms with E-state index in [4.69, 9.17) is 21.1 Å². The third-order valence-electron chi connectivity index (χ3n) is 5.50. The van der Waals surface area contributed by atoms with Crippen LogP contribution in [0.3, 0.4) is 0 Å². The van der Waals surface area contributed by atoms with E-state index in [1.54, 1.807) is 36.5 Å². The van der Waals surface area contributed by atoms with E-state index in [1.807, 2.05) is 11.5 Å². The number of hydrogen-bond donors (Lipinski definition) is 4. The lowest BCUT2D eigenvalue weighted by molar-refractivity contribution is -0.426. The van der Waals surface area contributed by atoms with Crippen molar-refractivity contribution in [2.45, 2.75) is 37.8 Å². The predicted octanol–water partition coefficient (Wildman–Crippen LogP) is 3.04. The van der Waals surface area contributed by atoms with Crippen molar-refractivity contribution in [3.8, 4) is 11.4 Å². The van der Waals surface area contributed by atoms with Crippen LogP contribution in [-0.2, 0) is 4.74 Å². The molecule has 1 aromatic heterocycles. The number of hydrogen-bond acceptors (Lipinski definition) is 8. The van der Waals surface area contributed by atoms with E-state index < -0.39 is 36.6 Å². The molecule has 0 amide bonds. The number of benzene rings is 1. The summed E-state index contributed by atoms with van der Waals surface area (Å²) in [5.41, 5.74) is 2.55. The molecule has 0 fully saturated rings. The average molecular weight is 465 g/mol. The van der Waals surface area contributed by atoms with Crippen LogP contribution in [0.15, 0.2) is 47.7 Å². The molecule has 2 aromatic rings. The van der Waals surface area contributed by atoms with E-state index in [1.165, 1.54) is 0 Å². The minimum atomic E-state index is -1.67. The van der Waals surface area contributed by atoms with Crippen LogP contribution in [0.5, 0.6) is 5.75 Å². The number of ether oxygens (including phenoxy) is 2. The first kappa shape index (κ1) is 22.2. The van der Waals surface area contributed by atoms with Gasteiger partial charge in [0.1, 0.15) is 11.9 Å². The van der Waals surface area contributed by atoms with Gasteiger partial charge >= 0.3 is 0 Å². The number of halogens is 1. The maximum atomic E-state index is 11.2. The number of nitrogens with zero attached hydrogens (tertiary/aromatic N) is 2. The molecule has 2 heterocycles. The third kappa shape index (κ3) is 3.82. The molecule has 11 heteroatoms. The Balaban J connectivity index is 1.60. The quantitative estimate of drug-likeness (QED) is 0.390. The van der Waals surface area contributed by atoms with E-state index in [0.29, 0.717) is 12.1 Å². The van der Waals surface area contributed by atoms with E-state index in [-0.39, 0.29) is 27.3 Å². The van der Waals surface area contributed by atoms with Crippen molar-refractivity contribution in [2.75, 3.05) is 6.61 Å². The highest BCUT2D eigenvalue weighted by Gasteiger charge is 2.39. The molecule has 0 bridgehead atoms. The van der Waals surface area contributed by atoms with Gasteiger partial charge in [-0.25, -0.2) is 0 Å². The van der Waals surface area contributed by atoms with Gasteiger partial charge in [-0.05, 0) is 24.3 Å². The molecule has 0 saturated heterocycles. The molecule has 1 aliphatic carbocycles. The van der Waals surface area contributed by atoms with Crippen LogP contribution in [0.2, 0.25) is 5.02 Å². The van der Waals surface area contributed by atoms with E-state index >= 15 is 0 Å². The highest BCUT2D eigenvalue weighted by molar-refractivity contribution is 6.32. The fourth-order valence-corrected chi connectivity index (χ4v) is 4.15. The van der Waals surface area contributed by atoms with Crippen molar-refractivity contribution in [3.63, 3.8) is 0 Å². The van der Waals surface area contributed by atoms with Crippen LogP contribution in [0, 0.1) is 10.1 Å². The molecular formula is C21H21ClN2O8. The summed E-state index contributed by atoms with van der Waals surface area (Å²) in [5, 5.41) is 50.3. The average Bonchev–Trinajstić information content (AvgIpc) is 3.20. The molecule has 10 nitrogen and oxygen atoms in total. The van der Waals surface area contributed by atoms with Crippen LogP contribution in [-0.4, -0.2) is 55.0 Å². The Morgan fingerprint density at radius 1 is 1.31 bits per heavy atom. The number of nitro groups is 1. The number of aromatic nitrogens is 1. The monoisotopic (exact) mass is 464 g/mol. The van der Waals surface area contributed by atoms with Crippen molar-refractivity contribution in [1.82, 2.24) is 4.57 Å². The molecule has 3 unspecified atom stereocenters. The van der Waals surface area contributed by atoms with Crippen molar-refractivity contribution in [3.05, 3.63) is 74.1 Å². The molecule has 0 radical (unpaired) electrons. The third-order valence-corrected chi connectivity index (χ3v) is 5.80. The van der Waals surface area contributed by atoms with Crippen LogP contribution in [0.1, 0.15) is 30.5 Å². The molecule has 4 atom stereocenters. The SMILES string of the molecule is CC1CC([N+](=O)[O-])=Cc2ccn(-c3ccc(O[C@H]4OC(CO)C(O)=C(O)C4O)c(Cl)c3)c21. The van der Waals surface area contributed by atoms with E-state index in [9.17, 15) is 30.5 Å². The normalized spacial score (nSPS) is 25.3. The first-order valence-electron chi connectivity index (χ1n) is 9.80. The molecule has 1 aromatic carbocycles. The maximum Gasteiger partial charge on any atom is 0.247 e. The Morgan fingerprint density at radius 2 is 2.06 bits per heavy atom. The highest BCUT2D eigenvalue weighted by atomic mass is 35.5. The molecule has 170 valence electrons. The standard InChI is InChI=1S/C21H21ClN2O8/c1-10-6-13(24(29)30)7-11-4-5-23(17(10)11)12-2-3-15(14(22)8-12)31-21-20(28)19(27)18(26)16(9-25)32-21/h2-5,7-8,10,16,20-21,25-28H,6,9H2,1H3/t10?,16?,20?,21-/m0/s1. The van der Waals surface area contributed by atoms with Gasteiger partial charge in [0.05, 0.1) is 16.6 Å².